The van der Waals surface area contributed by atoms with Gasteiger partial charge in [0.05, 0.1) is 18.3 Å². The molecule has 2 unspecified atom stereocenters. The summed E-state index contributed by atoms with van der Waals surface area (Å²) in [6.45, 7) is 8.88. The van der Waals surface area contributed by atoms with Gasteiger partial charge in [-0.3, -0.25) is 24.6 Å². The van der Waals surface area contributed by atoms with Crippen LogP contribution in [0.3, 0.4) is 0 Å². The number of anilines is 1. The van der Waals surface area contributed by atoms with Crippen molar-refractivity contribution < 1.29 is 33.4 Å². The molecule has 0 radical (unpaired) electrons. The number of carbonyl (C=O) groups excluding carboxylic acids is 4. The first-order valence-corrected chi connectivity index (χ1v) is 18.2. The number of hydrogen-bond donors (Lipinski definition) is 1. The van der Waals surface area contributed by atoms with Crippen LogP contribution in [0.5, 0.6) is 0 Å². The van der Waals surface area contributed by atoms with E-state index in [4.69, 9.17) is 14.2 Å². The van der Waals surface area contributed by atoms with Crippen LogP contribution in [0.1, 0.15) is 78.2 Å². The molecule has 2 aliphatic rings. The number of benzene rings is 2. The third-order valence-electron chi connectivity index (χ3n) is 8.49. The van der Waals surface area contributed by atoms with Crippen molar-refractivity contribution in [1.29, 1.82) is 0 Å². The van der Waals surface area contributed by atoms with Crippen LogP contribution in [0.4, 0.5) is 10.5 Å². The Morgan fingerprint density at radius 1 is 0.958 bits per heavy atom. The topological polar surface area (TPSA) is 114 Å². The first-order chi connectivity index (χ1) is 23.0. The number of nitrogens with zero attached hydrogens (tertiary/aromatic N) is 2. The molecule has 2 aromatic rings. The van der Waals surface area contributed by atoms with E-state index >= 15 is 0 Å². The molecule has 1 saturated heterocycles. The van der Waals surface area contributed by atoms with Crippen molar-refractivity contribution in [3.63, 3.8) is 0 Å². The monoisotopic (exact) mass is 681 g/mol. The number of ether oxygens (including phenoxy) is 3. The lowest BCUT2D eigenvalue weighted by Crippen LogP contribution is -2.54. The molecule has 2 aromatic carbocycles. The van der Waals surface area contributed by atoms with Crippen molar-refractivity contribution in [2.75, 3.05) is 36.9 Å². The zero-order chi connectivity index (χ0) is 34.5. The zero-order valence-electron chi connectivity index (χ0n) is 28.8. The van der Waals surface area contributed by atoms with Crippen LogP contribution >= 0.6 is 11.8 Å². The molecule has 10 nitrogen and oxygen atoms in total. The Labute approximate surface area is 289 Å². The van der Waals surface area contributed by atoms with E-state index in [-0.39, 0.29) is 37.7 Å². The Bertz CT molecular complexity index is 1360. The predicted molar refractivity (Wildman–Crippen MR) is 187 cm³/mol. The van der Waals surface area contributed by atoms with Crippen molar-refractivity contribution >= 4 is 41.4 Å². The highest BCUT2D eigenvalue weighted by Crippen LogP contribution is 2.34. The normalized spacial score (nSPS) is 17.7. The maximum atomic E-state index is 13.9. The molecule has 1 N–H and O–H groups in total. The SMILES string of the molecule is CCOC(=O)C(CCCCCC1CCN(C(=O)OCc2ccccc2)CC1)NC1CSc2ccccc2N(CC(=O)OC(C)(C)C)C1=O. The molecular weight excluding hydrogens is 630 g/mol. The van der Waals surface area contributed by atoms with Crippen LogP contribution in [0.2, 0.25) is 0 Å². The largest absolute Gasteiger partial charge is 0.465 e. The fraction of sp³-hybridized carbons (Fsp3) is 0.568. The Morgan fingerprint density at radius 3 is 2.38 bits per heavy atom. The molecule has 2 heterocycles. The lowest BCUT2D eigenvalue weighted by Gasteiger charge is -2.31. The van der Waals surface area contributed by atoms with Crippen LogP contribution < -0.4 is 10.2 Å². The molecule has 4 rings (SSSR count). The number of thioether (sulfide) groups is 1. The van der Waals surface area contributed by atoms with Gasteiger partial charge in [-0.2, -0.15) is 0 Å². The van der Waals surface area contributed by atoms with E-state index in [1.54, 1.807) is 32.6 Å². The van der Waals surface area contributed by atoms with E-state index in [0.29, 0.717) is 36.9 Å². The molecule has 2 aliphatic heterocycles. The highest BCUT2D eigenvalue weighted by Gasteiger charge is 2.35. The second-order valence-corrected chi connectivity index (χ2v) is 14.5. The lowest BCUT2D eigenvalue weighted by molar-refractivity contribution is -0.154. The molecule has 2 atom stereocenters. The van der Waals surface area contributed by atoms with Gasteiger partial charge in [0.2, 0.25) is 5.91 Å². The quantitative estimate of drug-likeness (QED) is 0.138. The highest BCUT2D eigenvalue weighted by atomic mass is 32.2. The highest BCUT2D eigenvalue weighted by molar-refractivity contribution is 7.99. The summed E-state index contributed by atoms with van der Waals surface area (Å²) in [6.07, 6.45) is 6.04. The molecule has 11 heteroatoms. The number of nitrogens with one attached hydrogen (secondary N) is 1. The summed E-state index contributed by atoms with van der Waals surface area (Å²) < 4.78 is 16.4. The van der Waals surface area contributed by atoms with Gasteiger partial charge >= 0.3 is 18.0 Å². The number of likely N-dealkylation sites (tertiary alicyclic amines) is 1. The average Bonchev–Trinajstić information content (AvgIpc) is 3.19. The minimum absolute atomic E-state index is 0.219. The van der Waals surface area contributed by atoms with E-state index in [9.17, 15) is 19.2 Å². The molecule has 2 amide bonds. The second-order valence-electron chi connectivity index (χ2n) is 13.4. The van der Waals surface area contributed by atoms with E-state index in [0.717, 1.165) is 49.0 Å². The van der Waals surface area contributed by atoms with Crippen LogP contribution in [0, 0.1) is 5.92 Å². The van der Waals surface area contributed by atoms with Gasteiger partial charge in [-0.15, -0.1) is 11.8 Å². The number of para-hydroxylation sites is 1. The maximum Gasteiger partial charge on any atom is 0.410 e. The molecule has 0 saturated carbocycles. The molecule has 48 heavy (non-hydrogen) atoms. The van der Waals surface area contributed by atoms with E-state index < -0.39 is 23.7 Å². The summed E-state index contributed by atoms with van der Waals surface area (Å²) in [5, 5.41) is 3.31. The predicted octanol–water partition coefficient (Wildman–Crippen LogP) is 6.36. The number of fused-ring (bicyclic) bond motifs is 1. The van der Waals surface area contributed by atoms with Crippen LogP contribution in [0.15, 0.2) is 59.5 Å². The Morgan fingerprint density at radius 2 is 1.67 bits per heavy atom. The van der Waals surface area contributed by atoms with Gasteiger partial charge in [0.1, 0.15) is 24.8 Å². The van der Waals surface area contributed by atoms with E-state index in [1.165, 1.54) is 16.7 Å². The zero-order valence-corrected chi connectivity index (χ0v) is 29.6. The van der Waals surface area contributed by atoms with Crippen LogP contribution in [-0.4, -0.2) is 78.5 Å². The van der Waals surface area contributed by atoms with Crippen molar-refractivity contribution in [3.8, 4) is 0 Å². The van der Waals surface area contributed by atoms with Gasteiger partial charge in [0, 0.05) is 23.7 Å². The number of rotatable bonds is 14. The molecule has 262 valence electrons. The first kappa shape index (κ1) is 37.3. The number of unbranched alkanes of at least 4 members (excludes halogenated alkanes) is 2. The molecule has 0 bridgehead atoms. The van der Waals surface area contributed by atoms with Gasteiger partial charge < -0.3 is 19.1 Å². The number of piperidine rings is 1. The van der Waals surface area contributed by atoms with Crippen molar-refractivity contribution in [2.24, 2.45) is 5.92 Å². The Balaban J connectivity index is 1.25. The fourth-order valence-electron chi connectivity index (χ4n) is 6.07. The summed E-state index contributed by atoms with van der Waals surface area (Å²) in [7, 11) is 0. The Kier molecular flexibility index (Phi) is 14.2. The van der Waals surface area contributed by atoms with Gasteiger partial charge in [-0.25, -0.2) is 4.79 Å². The molecule has 0 spiro atoms. The van der Waals surface area contributed by atoms with Crippen molar-refractivity contribution in [2.45, 2.75) is 102 Å². The minimum Gasteiger partial charge on any atom is -0.465 e. The summed E-state index contributed by atoms with van der Waals surface area (Å²) in [4.78, 5) is 56.4. The van der Waals surface area contributed by atoms with Gasteiger partial charge in [0.25, 0.3) is 0 Å². The molecule has 0 aliphatic carbocycles. The fourth-order valence-corrected chi connectivity index (χ4v) is 7.15. The maximum absolute atomic E-state index is 13.9. The average molecular weight is 682 g/mol. The summed E-state index contributed by atoms with van der Waals surface area (Å²) in [6, 6.07) is 15.9. The second kappa shape index (κ2) is 18.3. The van der Waals surface area contributed by atoms with Crippen molar-refractivity contribution in [1.82, 2.24) is 10.2 Å². The summed E-state index contributed by atoms with van der Waals surface area (Å²) >= 11 is 1.52. The number of esters is 2. The first-order valence-electron chi connectivity index (χ1n) is 17.2. The third kappa shape index (κ3) is 11.5. The number of hydrogen-bond acceptors (Lipinski definition) is 9. The van der Waals surface area contributed by atoms with E-state index in [1.807, 2.05) is 54.6 Å². The van der Waals surface area contributed by atoms with Crippen molar-refractivity contribution in [3.05, 3.63) is 60.2 Å². The molecule has 1 fully saturated rings. The van der Waals surface area contributed by atoms with Crippen LogP contribution in [-0.2, 0) is 35.2 Å². The number of carbonyl (C=O) groups is 4. The lowest BCUT2D eigenvalue weighted by atomic mass is 9.91. The molecular formula is C37H51N3O7S. The Hall–Kier alpha value is -3.57. The summed E-state index contributed by atoms with van der Waals surface area (Å²) in [5.41, 5.74) is 0.956. The standard InChI is InChI=1S/C37H51N3O7S/c1-5-45-35(43)29(17-11-7-8-14-27-20-22-39(23-21-27)36(44)46-25-28-15-9-6-10-16-28)38-30-26-48-32-19-13-12-18-31(32)40(34(30)42)24-33(41)47-37(2,3)4/h6,9-10,12-13,15-16,18-19,27,29-30,38H,5,7-8,11,14,17,20-26H2,1-4H3. The van der Waals surface area contributed by atoms with Crippen LogP contribution in [0.25, 0.3) is 0 Å². The van der Waals surface area contributed by atoms with Gasteiger partial charge in [-0.05, 0) is 70.6 Å². The van der Waals surface area contributed by atoms with Gasteiger partial charge in [0.15, 0.2) is 0 Å². The summed E-state index contributed by atoms with van der Waals surface area (Å²) in [5.74, 6) is -0.174. The van der Waals surface area contributed by atoms with E-state index in [2.05, 4.69) is 5.32 Å². The smallest absolute Gasteiger partial charge is 0.410 e. The number of amides is 2. The minimum atomic E-state index is -0.691. The molecule has 0 aromatic heterocycles. The third-order valence-corrected chi connectivity index (χ3v) is 9.65. The van der Waals surface area contributed by atoms with Gasteiger partial charge in [-0.1, -0.05) is 68.1 Å².